The molecule has 4 rings (SSSR count). The van der Waals surface area contributed by atoms with Crippen LogP contribution in [-0.4, -0.2) is 40.7 Å². The van der Waals surface area contributed by atoms with Gasteiger partial charge in [-0.15, -0.1) is 0 Å². The molecule has 1 aliphatic carbocycles. The van der Waals surface area contributed by atoms with Gasteiger partial charge in [-0.05, 0) is 50.0 Å². The van der Waals surface area contributed by atoms with Gasteiger partial charge in [-0.25, -0.2) is 9.97 Å². The van der Waals surface area contributed by atoms with Crippen LogP contribution in [0.5, 0.6) is 0 Å². The van der Waals surface area contributed by atoms with Crippen LogP contribution in [0.4, 0.5) is 5.95 Å². The highest BCUT2D eigenvalue weighted by molar-refractivity contribution is 5.76. The standard InChI is InChI=1S/C23H30N4O2/c28-16-18-11-13-27(14-12-18)23-24-15-19-20(7-4-8-21(19)26-23)25-22(29)10-9-17-5-2-1-3-6-17/h1-3,5-6,15,18,20,28H,4,7-14,16H2,(H,25,29)/t20-/m0/s1. The second kappa shape index (κ2) is 9.35. The van der Waals surface area contributed by atoms with E-state index in [2.05, 4.69) is 27.3 Å². The monoisotopic (exact) mass is 394 g/mol. The predicted octanol–water partition coefficient (Wildman–Crippen LogP) is 2.81. The zero-order valence-electron chi connectivity index (χ0n) is 16.9. The van der Waals surface area contributed by atoms with E-state index in [1.807, 2.05) is 24.4 Å². The number of nitrogens with one attached hydrogen (secondary N) is 1. The van der Waals surface area contributed by atoms with Crippen molar-refractivity contribution in [3.05, 3.63) is 53.3 Å². The highest BCUT2D eigenvalue weighted by Gasteiger charge is 2.26. The number of anilines is 1. The SMILES string of the molecule is O=C(CCc1ccccc1)N[C@H]1CCCc2nc(N3CCC(CO)CC3)ncc21. The topological polar surface area (TPSA) is 78.4 Å². The van der Waals surface area contributed by atoms with E-state index < -0.39 is 0 Å². The van der Waals surface area contributed by atoms with Gasteiger partial charge in [-0.1, -0.05) is 30.3 Å². The Morgan fingerprint density at radius 3 is 2.72 bits per heavy atom. The van der Waals surface area contributed by atoms with Crippen LogP contribution < -0.4 is 10.2 Å². The van der Waals surface area contributed by atoms with Gasteiger partial charge in [0.2, 0.25) is 11.9 Å². The summed E-state index contributed by atoms with van der Waals surface area (Å²) in [6.07, 6.45) is 8.04. The van der Waals surface area contributed by atoms with E-state index in [9.17, 15) is 9.90 Å². The smallest absolute Gasteiger partial charge is 0.225 e. The Morgan fingerprint density at radius 1 is 1.17 bits per heavy atom. The van der Waals surface area contributed by atoms with Crippen molar-refractivity contribution in [2.24, 2.45) is 5.92 Å². The van der Waals surface area contributed by atoms with Crippen molar-refractivity contribution < 1.29 is 9.90 Å². The molecule has 29 heavy (non-hydrogen) atoms. The number of carbonyl (C=O) groups excluding carboxylic acids is 1. The van der Waals surface area contributed by atoms with Crippen LogP contribution in [0, 0.1) is 5.92 Å². The maximum absolute atomic E-state index is 12.5. The summed E-state index contributed by atoms with van der Waals surface area (Å²) in [7, 11) is 0. The molecule has 2 heterocycles. The van der Waals surface area contributed by atoms with Crippen molar-refractivity contribution in [1.82, 2.24) is 15.3 Å². The molecule has 1 aromatic heterocycles. The molecule has 1 amide bonds. The second-order valence-corrected chi connectivity index (χ2v) is 8.18. The average molecular weight is 395 g/mol. The predicted molar refractivity (Wildman–Crippen MR) is 113 cm³/mol. The third-order valence-electron chi connectivity index (χ3n) is 6.14. The Balaban J connectivity index is 1.37. The molecule has 1 fully saturated rings. The zero-order chi connectivity index (χ0) is 20.1. The molecule has 0 saturated carbocycles. The second-order valence-electron chi connectivity index (χ2n) is 8.18. The third-order valence-corrected chi connectivity index (χ3v) is 6.14. The molecule has 6 heteroatoms. The molecular weight excluding hydrogens is 364 g/mol. The summed E-state index contributed by atoms with van der Waals surface area (Å²) in [6, 6.07) is 10.1. The van der Waals surface area contributed by atoms with Crippen molar-refractivity contribution in [3.8, 4) is 0 Å². The molecule has 0 radical (unpaired) electrons. The summed E-state index contributed by atoms with van der Waals surface area (Å²) < 4.78 is 0. The number of hydrogen-bond donors (Lipinski definition) is 2. The highest BCUT2D eigenvalue weighted by Crippen LogP contribution is 2.30. The molecule has 1 saturated heterocycles. The number of aryl methyl sites for hydroxylation is 2. The summed E-state index contributed by atoms with van der Waals surface area (Å²) in [5.74, 6) is 1.28. The first-order valence-corrected chi connectivity index (χ1v) is 10.8. The maximum Gasteiger partial charge on any atom is 0.225 e. The Morgan fingerprint density at radius 2 is 1.97 bits per heavy atom. The van der Waals surface area contributed by atoms with Gasteiger partial charge < -0.3 is 15.3 Å². The fraction of sp³-hybridized carbons (Fsp3) is 0.522. The van der Waals surface area contributed by atoms with Gasteiger partial charge >= 0.3 is 0 Å². The lowest BCUT2D eigenvalue weighted by Gasteiger charge is -2.32. The number of fused-ring (bicyclic) bond motifs is 1. The average Bonchev–Trinajstić information content (AvgIpc) is 2.78. The summed E-state index contributed by atoms with van der Waals surface area (Å²) in [5, 5.41) is 12.5. The molecule has 154 valence electrons. The van der Waals surface area contributed by atoms with E-state index in [4.69, 9.17) is 4.98 Å². The largest absolute Gasteiger partial charge is 0.396 e. The number of rotatable bonds is 6. The molecule has 1 atom stereocenters. The Kier molecular flexibility index (Phi) is 6.39. The van der Waals surface area contributed by atoms with Crippen LogP contribution in [-0.2, 0) is 17.6 Å². The number of amides is 1. The molecule has 1 aliphatic heterocycles. The molecule has 0 spiro atoms. The molecule has 0 bridgehead atoms. The molecule has 2 aromatic rings. The van der Waals surface area contributed by atoms with Gasteiger partial charge in [0.05, 0.1) is 11.7 Å². The first-order valence-electron chi connectivity index (χ1n) is 10.8. The molecule has 0 unspecified atom stereocenters. The van der Waals surface area contributed by atoms with Crippen molar-refractivity contribution in [2.45, 2.75) is 51.0 Å². The van der Waals surface area contributed by atoms with E-state index in [1.54, 1.807) is 0 Å². The number of carbonyl (C=O) groups is 1. The molecule has 2 aliphatic rings. The van der Waals surface area contributed by atoms with Crippen molar-refractivity contribution in [1.29, 1.82) is 0 Å². The molecular formula is C23H30N4O2. The number of hydrogen-bond acceptors (Lipinski definition) is 5. The van der Waals surface area contributed by atoms with Crippen molar-refractivity contribution in [2.75, 3.05) is 24.6 Å². The highest BCUT2D eigenvalue weighted by atomic mass is 16.3. The minimum Gasteiger partial charge on any atom is -0.396 e. The summed E-state index contributed by atoms with van der Waals surface area (Å²) >= 11 is 0. The first-order chi connectivity index (χ1) is 14.2. The third kappa shape index (κ3) is 4.93. The van der Waals surface area contributed by atoms with Gasteiger partial charge in [0.15, 0.2) is 0 Å². The number of benzene rings is 1. The van der Waals surface area contributed by atoms with Crippen LogP contribution in [0.25, 0.3) is 0 Å². The minimum absolute atomic E-state index is 0.0104. The van der Waals surface area contributed by atoms with Crippen molar-refractivity contribution >= 4 is 11.9 Å². The maximum atomic E-state index is 12.5. The van der Waals surface area contributed by atoms with Crippen LogP contribution in [0.1, 0.15) is 55.0 Å². The minimum atomic E-state index is 0.0104. The Labute approximate surface area is 172 Å². The Hall–Kier alpha value is -2.47. The lowest BCUT2D eigenvalue weighted by molar-refractivity contribution is -0.121. The summed E-state index contributed by atoms with van der Waals surface area (Å²) in [6.45, 7) is 2.05. The molecule has 1 aromatic carbocycles. The normalized spacial score (nSPS) is 19.6. The van der Waals surface area contributed by atoms with E-state index in [-0.39, 0.29) is 18.6 Å². The summed E-state index contributed by atoms with van der Waals surface area (Å²) in [4.78, 5) is 24.2. The lowest BCUT2D eigenvalue weighted by Crippen LogP contribution is -2.36. The number of aliphatic hydroxyl groups excluding tert-OH is 1. The van der Waals surface area contributed by atoms with Gasteiger partial charge in [0, 0.05) is 37.9 Å². The number of nitrogens with zero attached hydrogens (tertiary/aromatic N) is 3. The van der Waals surface area contributed by atoms with Crippen LogP contribution in [0.15, 0.2) is 36.5 Å². The number of aromatic nitrogens is 2. The van der Waals surface area contributed by atoms with Gasteiger partial charge in [-0.3, -0.25) is 4.79 Å². The number of piperidine rings is 1. The van der Waals surface area contributed by atoms with Gasteiger partial charge in [0.1, 0.15) is 0 Å². The summed E-state index contributed by atoms with van der Waals surface area (Å²) in [5.41, 5.74) is 3.32. The fourth-order valence-electron chi connectivity index (χ4n) is 4.32. The van der Waals surface area contributed by atoms with E-state index in [1.165, 1.54) is 5.56 Å². The van der Waals surface area contributed by atoms with E-state index in [0.717, 1.165) is 68.8 Å². The molecule has 6 nitrogen and oxygen atoms in total. The fourth-order valence-corrected chi connectivity index (χ4v) is 4.32. The molecule has 2 N–H and O–H groups in total. The van der Waals surface area contributed by atoms with Gasteiger partial charge in [0.25, 0.3) is 0 Å². The number of aliphatic hydroxyl groups is 1. The van der Waals surface area contributed by atoms with Gasteiger partial charge in [-0.2, -0.15) is 0 Å². The van der Waals surface area contributed by atoms with Crippen LogP contribution >= 0.6 is 0 Å². The quantitative estimate of drug-likeness (QED) is 0.788. The van der Waals surface area contributed by atoms with E-state index in [0.29, 0.717) is 12.3 Å². The van der Waals surface area contributed by atoms with Crippen LogP contribution in [0.3, 0.4) is 0 Å². The zero-order valence-corrected chi connectivity index (χ0v) is 16.9. The Bertz CT molecular complexity index is 819. The first kappa shape index (κ1) is 19.8. The van der Waals surface area contributed by atoms with Crippen LogP contribution in [0.2, 0.25) is 0 Å². The van der Waals surface area contributed by atoms with E-state index >= 15 is 0 Å². The lowest BCUT2D eigenvalue weighted by atomic mass is 9.92. The van der Waals surface area contributed by atoms with Crippen molar-refractivity contribution in [3.63, 3.8) is 0 Å².